The zero-order valence-corrected chi connectivity index (χ0v) is 5.94. The summed E-state index contributed by atoms with van der Waals surface area (Å²) in [6.07, 6.45) is -3.02. The number of carbonyl (C=O) groups excluding carboxylic acids is 1. The van der Waals surface area contributed by atoms with E-state index in [2.05, 4.69) is 10.5 Å². The van der Waals surface area contributed by atoms with Gasteiger partial charge in [-0.1, -0.05) is 0 Å². The van der Waals surface area contributed by atoms with Gasteiger partial charge >= 0.3 is 6.18 Å². The molecule has 6 heteroatoms. The Morgan fingerprint density at radius 1 is 1.42 bits per heavy atom. The number of allylic oxidation sites excluding steroid dienone is 1. The Morgan fingerprint density at radius 2 is 2.00 bits per heavy atom. The van der Waals surface area contributed by atoms with Crippen LogP contribution in [-0.2, 0) is 4.79 Å². The lowest BCUT2D eigenvalue weighted by Gasteiger charge is -2.12. The number of hydrogen-bond donors (Lipinski definition) is 0. The molecule has 1 heterocycles. The minimum Gasteiger partial charge on any atom is -0.265 e. The topological polar surface area (TPSA) is 43.5 Å². The largest absolute Gasteiger partial charge is 0.419 e. The van der Waals surface area contributed by atoms with E-state index in [9.17, 15) is 18.0 Å². The molecule has 0 bridgehead atoms. The third kappa shape index (κ3) is 1.63. The fourth-order valence-electron chi connectivity index (χ4n) is 0.669. The minimum absolute atomic E-state index is 0.345. The van der Waals surface area contributed by atoms with E-state index in [0.29, 0.717) is 0 Å². The highest BCUT2D eigenvalue weighted by Gasteiger charge is 2.38. The zero-order chi connectivity index (χ0) is 9.35. The van der Waals surface area contributed by atoms with Crippen molar-refractivity contribution in [3.05, 3.63) is 11.6 Å². The second kappa shape index (κ2) is 2.62. The van der Waals surface area contributed by atoms with E-state index in [-0.39, 0.29) is 5.71 Å². The van der Waals surface area contributed by atoms with Crippen LogP contribution in [0.25, 0.3) is 0 Å². The summed E-state index contributed by atoms with van der Waals surface area (Å²) in [5.74, 6) is -1.10. The SMILES string of the molecule is CC1=N[N]C(=O)[C]=C1C(F)(F)F. The van der Waals surface area contributed by atoms with Crippen LogP contribution in [-0.4, -0.2) is 17.8 Å². The predicted molar refractivity (Wildman–Crippen MR) is 33.1 cm³/mol. The number of amides is 1. The Hall–Kier alpha value is -1.33. The third-order valence-corrected chi connectivity index (χ3v) is 1.17. The molecule has 1 amide bonds. The maximum Gasteiger partial charge on any atom is 0.419 e. The van der Waals surface area contributed by atoms with Gasteiger partial charge in [-0.15, -0.1) is 5.43 Å². The maximum atomic E-state index is 12.0. The van der Waals surface area contributed by atoms with Crippen LogP contribution in [0.2, 0.25) is 0 Å². The van der Waals surface area contributed by atoms with Gasteiger partial charge in [-0.2, -0.15) is 18.3 Å². The Kier molecular flexibility index (Phi) is 1.91. The van der Waals surface area contributed by atoms with Gasteiger partial charge in [0.25, 0.3) is 5.91 Å². The molecule has 0 fully saturated rings. The van der Waals surface area contributed by atoms with Crippen molar-refractivity contribution in [2.45, 2.75) is 13.1 Å². The molecule has 0 aromatic rings. The monoisotopic (exact) mass is 176 g/mol. The highest BCUT2D eigenvalue weighted by molar-refractivity contribution is 6.05. The standard InChI is InChI=1S/C6H3F3N2O/c1-3-4(6(7,8)9)2-5(12)11-10-3/h1H3. The third-order valence-electron chi connectivity index (χ3n) is 1.17. The first kappa shape index (κ1) is 8.76. The molecule has 0 atom stereocenters. The molecule has 64 valence electrons. The Balaban J connectivity index is 3.02. The molecule has 3 nitrogen and oxygen atoms in total. The van der Waals surface area contributed by atoms with Crippen molar-refractivity contribution < 1.29 is 18.0 Å². The molecule has 0 saturated carbocycles. The van der Waals surface area contributed by atoms with Gasteiger partial charge in [-0.25, -0.2) is 0 Å². The second-order valence-electron chi connectivity index (χ2n) is 2.09. The summed E-state index contributed by atoms with van der Waals surface area (Å²) in [7, 11) is 0. The van der Waals surface area contributed by atoms with Gasteiger partial charge < -0.3 is 0 Å². The average molecular weight is 176 g/mol. The number of carbonyl (C=O) groups is 1. The second-order valence-corrected chi connectivity index (χ2v) is 2.09. The van der Waals surface area contributed by atoms with Crippen molar-refractivity contribution in [1.29, 1.82) is 0 Å². The Morgan fingerprint density at radius 3 is 2.42 bits per heavy atom. The summed E-state index contributed by atoms with van der Waals surface area (Å²) in [5, 5.41) is 3.03. The van der Waals surface area contributed by atoms with Crippen LogP contribution in [0.15, 0.2) is 10.7 Å². The van der Waals surface area contributed by atoms with Gasteiger partial charge in [0.1, 0.15) is 0 Å². The smallest absolute Gasteiger partial charge is 0.265 e. The van der Waals surface area contributed by atoms with Crippen molar-refractivity contribution in [2.24, 2.45) is 5.10 Å². The van der Waals surface area contributed by atoms with Gasteiger partial charge in [0.2, 0.25) is 0 Å². The lowest BCUT2D eigenvalue weighted by atomic mass is 10.1. The van der Waals surface area contributed by atoms with Crippen molar-refractivity contribution >= 4 is 11.6 Å². The fourth-order valence-corrected chi connectivity index (χ4v) is 0.669. The van der Waals surface area contributed by atoms with Crippen molar-refractivity contribution in [1.82, 2.24) is 5.43 Å². The first-order chi connectivity index (χ1) is 5.41. The van der Waals surface area contributed by atoms with Gasteiger partial charge in [0.15, 0.2) is 0 Å². The quantitative estimate of drug-likeness (QED) is 0.538. The summed E-state index contributed by atoms with van der Waals surface area (Å²) in [4.78, 5) is 10.4. The van der Waals surface area contributed by atoms with E-state index in [1.165, 1.54) is 0 Å². The van der Waals surface area contributed by atoms with Crippen molar-refractivity contribution in [3.8, 4) is 0 Å². The van der Waals surface area contributed by atoms with E-state index < -0.39 is 17.7 Å². The summed E-state index contributed by atoms with van der Waals surface area (Å²) in [6, 6.07) is 0. The maximum absolute atomic E-state index is 12.0. The molecule has 1 aliphatic heterocycles. The van der Waals surface area contributed by atoms with Crippen LogP contribution in [0.4, 0.5) is 13.2 Å². The molecule has 1 aliphatic rings. The summed E-state index contributed by atoms with van der Waals surface area (Å²) < 4.78 is 36.0. The average Bonchev–Trinajstić information content (AvgIpc) is 1.92. The minimum atomic E-state index is -4.58. The summed E-state index contributed by atoms with van der Waals surface area (Å²) in [5.41, 5.74) is 1.40. The first-order valence-corrected chi connectivity index (χ1v) is 2.92. The predicted octanol–water partition coefficient (Wildman–Crippen LogP) is 0.799. The molecular weight excluding hydrogens is 173 g/mol. The summed E-state index contributed by atoms with van der Waals surface area (Å²) in [6.45, 7) is 1.12. The van der Waals surface area contributed by atoms with Gasteiger partial charge in [-0.05, 0) is 6.92 Å². The molecule has 1 rings (SSSR count). The van der Waals surface area contributed by atoms with Crippen LogP contribution in [0.3, 0.4) is 0 Å². The first-order valence-electron chi connectivity index (χ1n) is 2.92. The van der Waals surface area contributed by atoms with Crippen LogP contribution in [0, 0.1) is 6.08 Å². The summed E-state index contributed by atoms with van der Waals surface area (Å²) >= 11 is 0. The lowest BCUT2D eigenvalue weighted by Crippen LogP contribution is -2.26. The molecule has 0 saturated heterocycles. The molecular formula is C6H3F3N2O. The lowest BCUT2D eigenvalue weighted by molar-refractivity contribution is -0.119. The number of halogens is 3. The normalized spacial score (nSPS) is 18.2. The van der Waals surface area contributed by atoms with Gasteiger partial charge in [-0.3, -0.25) is 4.79 Å². The molecule has 0 spiro atoms. The van der Waals surface area contributed by atoms with E-state index in [1.54, 1.807) is 6.08 Å². The number of nitrogens with zero attached hydrogens (tertiary/aromatic N) is 2. The number of alkyl halides is 3. The van der Waals surface area contributed by atoms with Gasteiger partial charge in [0.05, 0.1) is 17.4 Å². The molecule has 2 radical (unpaired) electrons. The van der Waals surface area contributed by atoms with E-state index >= 15 is 0 Å². The Labute approximate surface area is 65.9 Å². The number of rotatable bonds is 0. The molecule has 0 aromatic carbocycles. The highest BCUT2D eigenvalue weighted by atomic mass is 19.4. The van der Waals surface area contributed by atoms with Crippen molar-refractivity contribution in [3.63, 3.8) is 0 Å². The Bertz CT molecular complexity index is 277. The van der Waals surface area contributed by atoms with Crippen LogP contribution in [0.5, 0.6) is 0 Å². The highest BCUT2D eigenvalue weighted by Crippen LogP contribution is 2.27. The van der Waals surface area contributed by atoms with E-state index in [4.69, 9.17) is 0 Å². The van der Waals surface area contributed by atoms with Gasteiger partial charge in [0, 0.05) is 0 Å². The van der Waals surface area contributed by atoms with Crippen LogP contribution in [0.1, 0.15) is 6.92 Å². The van der Waals surface area contributed by atoms with E-state index in [1.807, 2.05) is 0 Å². The molecule has 0 N–H and O–H groups in total. The molecule has 12 heavy (non-hydrogen) atoms. The fraction of sp³-hybridized carbons (Fsp3) is 0.333. The zero-order valence-electron chi connectivity index (χ0n) is 5.94. The molecule has 0 aliphatic carbocycles. The van der Waals surface area contributed by atoms with Crippen LogP contribution >= 0.6 is 0 Å². The van der Waals surface area contributed by atoms with Crippen molar-refractivity contribution in [2.75, 3.05) is 0 Å². The number of hydrogen-bond acceptors (Lipinski definition) is 2. The molecule has 0 unspecified atom stereocenters. The molecule has 0 aromatic heterocycles. The van der Waals surface area contributed by atoms with Crippen LogP contribution < -0.4 is 5.43 Å². The van der Waals surface area contributed by atoms with E-state index in [0.717, 1.165) is 6.92 Å².